The predicted octanol–water partition coefficient (Wildman–Crippen LogP) is 6.70. The molecule has 3 aromatic carbocycles. The number of nitrogens with zero attached hydrogens (tertiary/aromatic N) is 3. The molecule has 1 unspecified atom stereocenters. The van der Waals surface area contributed by atoms with E-state index in [1.54, 1.807) is 0 Å². The Balaban J connectivity index is 1.50. The summed E-state index contributed by atoms with van der Waals surface area (Å²) in [5, 5.41) is 12.7. The molecule has 0 aromatic heterocycles. The average molecular weight is 480 g/mol. The van der Waals surface area contributed by atoms with Crippen LogP contribution >= 0.6 is 0 Å². The van der Waals surface area contributed by atoms with Crippen molar-refractivity contribution in [3.63, 3.8) is 0 Å². The summed E-state index contributed by atoms with van der Waals surface area (Å²) in [5.74, 6) is 1.21. The molecular weight excluding hydrogens is 446 g/mol. The Morgan fingerprint density at radius 2 is 1.67 bits per heavy atom. The summed E-state index contributed by atoms with van der Waals surface area (Å²) in [6.07, 6.45) is 4.53. The third kappa shape index (κ3) is 3.96. The summed E-state index contributed by atoms with van der Waals surface area (Å²) in [5.41, 5.74) is 5.12. The van der Waals surface area contributed by atoms with Crippen LogP contribution in [0.5, 0.6) is 0 Å². The Hall–Kier alpha value is -3.31. The molecule has 36 heavy (non-hydrogen) atoms. The summed E-state index contributed by atoms with van der Waals surface area (Å²) < 4.78 is 0. The second-order valence-corrected chi connectivity index (χ2v) is 11.1. The van der Waals surface area contributed by atoms with Crippen LogP contribution in [0.1, 0.15) is 55.4 Å². The van der Waals surface area contributed by atoms with Crippen molar-refractivity contribution in [1.82, 2.24) is 4.90 Å². The van der Waals surface area contributed by atoms with Crippen molar-refractivity contribution < 1.29 is 4.92 Å². The van der Waals surface area contributed by atoms with E-state index in [1.807, 2.05) is 66.7 Å². The van der Waals surface area contributed by atoms with E-state index in [4.69, 9.17) is 4.99 Å². The molecule has 2 fully saturated rings. The zero-order chi connectivity index (χ0) is 24.9. The average Bonchev–Trinajstić information content (AvgIpc) is 3.71. The number of aliphatic imine (C=N–C) groups is 1. The third-order valence-corrected chi connectivity index (χ3v) is 8.91. The van der Waals surface area contributed by atoms with E-state index >= 15 is 0 Å². The van der Waals surface area contributed by atoms with Crippen LogP contribution in [-0.4, -0.2) is 34.7 Å². The Labute approximate surface area is 213 Å². The summed E-state index contributed by atoms with van der Waals surface area (Å²) in [6, 6.07) is 24.4. The first-order valence-electron chi connectivity index (χ1n) is 13.2. The normalized spacial score (nSPS) is 25.2. The van der Waals surface area contributed by atoms with Crippen LogP contribution in [0.3, 0.4) is 0 Å². The highest BCUT2D eigenvalue weighted by molar-refractivity contribution is 6.14. The van der Waals surface area contributed by atoms with Gasteiger partial charge in [-0.2, -0.15) is 0 Å². The Morgan fingerprint density at radius 3 is 2.25 bits per heavy atom. The molecular formula is C31H33N3O2. The van der Waals surface area contributed by atoms with Crippen LogP contribution in [0.2, 0.25) is 0 Å². The standard InChI is InChI=1S/C31H33N3O2/c1-21-27-19-25-15-16-26(32-29(23-9-5-3-6-10-23)24-11-7-4-8-12-24)30(34(35)36)28(25)31(21,2)17-18-33(27)20-22-13-14-22/h3-12,15-16,21-22,27H,13-14,17-20H2,1-2H3/t21?,27-,31-/m1/s1. The highest BCUT2D eigenvalue weighted by Gasteiger charge is 2.52. The number of benzene rings is 3. The van der Waals surface area contributed by atoms with E-state index in [9.17, 15) is 10.1 Å². The van der Waals surface area contributed by atoms with Gasteiger partial charge in [-0.15, -0.1) is 0 Å². The monoisotopic (exact) mass is 479 g/mol. The van der Waals surface area contributed by atoms with Crippen LogP contribution in [0.15, 0.2) is 77.8 Å². The maximum atomic E-state index is 12.7. The smallest absolute Gasteiger partial charge is 0.298 e. The van der Waals surface area contributed by atoms with Crippen LogP contribution in [-0.2, 0) is 11.8 Å². The van der Waals surface area contributed by atoms with Gasteiger partial charge in [0, 0.05) is 34.7 Å². The maximum Gasteiger partial charge on any atom is 0.298 e. The molecule has 2 bridgehead atoms. The molecule has 1 saturated carbocycles. The van der Waals surface area contributed by atoms with Gasteiger partial charge in [0.2, 0.25) is 0 Å². The molecule has 0 amide bonds. The second-order valence-electron chi connectivity index (χ2n) is 11.1. The lowest BCUT2D eigenvalue weighted by atomic mass is 9.58. The first-order chi connectivity index (χ1) is 17.5. The molecule has 0 radical (unpaired) electrons. The van der Waals surface area contributed by atoms with Gasteiger partial charge >= 0.3 is 0 Å². The van der Waals surface area contributed by atoms with Gasteiger partial charge in [0.25, 0.3) is 5.69 Å². The van der Waals surface area contributed by atoms with Crippen molar-refractivity contribution in [2.24, 2.45) is 16.8 Å². The number of hydrogen-bond acceptors (Lipinski definition) is 4. The highest BCUT2D eigenvalue weighted by atomic mass is 16.6. The molecule has 5 heteroatoms. The lowest BCUT2D eigenvalue weighted by Gasteiger charge is -2.54. The lowest BCUT2D eigenvalue weighted by Crippen LogP contribution is -2.58. The van der Waals surface area contributed by atoms with Crippen molar-refractivity contribution in [3.05, 3.63) is 105 Å². The van der Waals surface area contributed by atoms with Gasteiger partial charge in [-0.3, -0.25) is 15.0 Å². The summed E-state index contributed by atoms with van der Waals surface area (Å²) in [4.78, 5) is 20.2. The first kappa shape index (κ1) is 23.1. The fraction of sp³-hybridized carbons (Fsp3) is 0.387. The Bertz CT molecular complexity index is 1270. The predicted molar refractivity (Wildman–Crippen MR) is 144 cm³/mol. The summed E-state index contributed by atoms with van der Waals surface area (Å²) in [6.45, 7) is 6.77. The molecule has 6 rings (SSSR count). The minimum absolute atomic E-state index is 0.180. The first-order valence-corrected chi connectivity index (χ1v) is 13.2. The van der Waals surface area contributed by atoms with E-state index in [2.05, 4.69) is 24.8 Å². The SMILES string of the molecule is CC1[C@H]2Cc3ccc(N=C(c4ccccc4)c4ccccc4)c([N+](=O)[O-])c3[C@]1(C)CCN2CC1CC1. The number of piperidine rings is 1. The topological polar surface area (TPSA) is 58.7 Å². The fourth-order valence-corrected chi connectivity index (χ4v) is 6.57. The van der Waals surface area contributed by atoms with Crippen molar-refractivity contribution in [1.29, 1.82) is 0 Å². The largest absolute Gasteiger partial charge is 0.299 e. The van der Waals surface area contributed by atoms with Gasteiger partial charge in [0.15, 0.2) is 0 Å². The minimum atomic E-state index is -0.230. The molecule has 3 aromatic rings. The van der Waals surface area contributed by atoms with Gasteiger partial charge in [-0.1, -0.05) is 80.6 Å². The number of likely N-dealkylation sites (tertiary alicyclic amines) is 1. The van der Waals surface area contributed by atoms with Gasteiger partial charge in [0.1, 0.15) is 5.69 Å². The Kier molecular flexibility index (Phi) is 5.76. The van der Waals surface area contributed by atoms with E-state index in [1.165, 1.54) is 19.4 Å². The van der Waals surface area contributed by atoms with Crippen molar-refractivity contribution in [2.45, 2.75) is 51.0 Å². The molecule has 0 N–H and O–H groups in total. The van der Waals surface area contributed by atoms with E-state index in [0.717, 1.165) is 53.3 Å². The highest BCUT2D eigenvalue weighted by Crippen LogP contribution is 2.54. The van der Waals surface area contributed by atoms with Crippen molar-refractivity contribution in [3.8, 4) is 0 Å². The molecule has 1 aliphatic heterocycles. The van der Waals surface area contributed by atoms with Crippen LogP contribution < -0.4 is 0 Å². The minimum Gasteiger partial charge on any atom is -0.299 e. The number of rotatable bonds is 6. The molecule has 3 aliphatic rings. The molecule has 1 heterocycles. The molecule has 0 spiro atoms. The molecule has 184 valence electrons. The van der Waals surface area contributed by atoms with Crippen molar-refractivity contribution >= 4 is 17.1 Å². The number of nitro benzene ring substituents is 1. The third-order valence-electron chi connectivity index (χ3n) is 8.91. The lowest BCUT2D eigenvalue weighted by molar-refractivity contribution is -0.385. The van der Waals surface area contributed by atoms with E-state index < -0.39 is 0 Å². The van der Waals surface area contributed by atoms with E-state index in [-0.39, 0.29) is 16.0 Å². The summed E-state index contributed by atoms with van der Waals surface area (Å²) >= 11 is 0. The molecule has 3 atom stereocenters. The zero-order valence-electron chi connectivity index (χ0n) is 21.1. The molecule has 1 saturated heterocycles. The molecule has 2 aliphatic carbocycles. The number of fused-ring (bicyclic) bond motifs is 4. The maximum absolute atomic E-state index is 12.7. The van der Waals surface area contributed by atoms with Crippen LogP contribution in [0.25, 0.3) is 0 Å². The van der Waals surface area contributed by atoms with Crippen LogP contribution in [0.4, 0.5) is 11.4 Å². The molecule has 5 nitrogen and oxygen atoms in total. The fourth-order valence-electron chi connectivity index (χ4n) is 6.57. The van der Waals surface area contributed by atoms with Gasteiger partial charge < -0.3 is 0 Å². The van der Waals surface area contributed by atoms with E-state index in [0.29, 0.717) is 17.6 Å². The number of nitro groups is 1. The van der Waals surface area contributed by atoms with Gasteiger partial charge in [0.05, 0.1) is 10.6 Å². The number of hydrogen-bond donors (Lipinski definition) is 0. The van der Waals surface area contributed by atoms with Gasteiger partial charge in [-0.05, 0) is 55.7 Å². The van der Waals surface area contributed by atoms with Gasteiger partial charge in [-0.25, -0.2) is 4.99 Å². The van der Waals surface area contributed by atoms with Crippen molar-refractivity contribution in [2.75, 3.05) is 13.1 Å². The Morgan fingerprint density at radius 1 is 1.03 bits per heavy atom. The second kappa shape index (κ2) is 8.97. The quantitative estimate of drug-likeness (QED) is 0.225. The summed E-state index contributed by atoms with van der Waals surface area (Å²) in [7, 11) is 0. The zero-order valence-corrected chi connectivity index (χ0v) is 21.1. The van der Waals surface area contributed by atoms with Crippen LogP contribution in [0, 0.1) is 22.0 Å².